The van der Waals surface area contributed by atoms with E-state index in [1.165, 1.54) is 24.8 Å². The van der Waals surface area contributed by atoms with Crippen molar-refractivity contribution in [2.75, 3.05) is 32.8 Å². The van der Waals surface area contributed by atoms with E-state index in [0.29, 0.717) is 11.3 Å². The Morgan fingerprint density at radius 1 is 1.19 bits per heavy atom. The number of likely N-dealkylation sites (tertiary alicyclic amines) is 2. The highest BCUT2D eigenvalue weighted by Crippen LogP contribution is 2.45. The molecule has 0 bridgehead atoms. The van der Waals surface area contributed by atoms with Gasteiger partial charge in [-0.1, -0.05) is 0 Å². The van der Waals surface area contributed by atoms with Gasteiger partial charge in [0.25, 0.3) is 0 Å². The smallest absolute Gasteiger partial charge is 0.120 e. The van der Waals surface area contributed by atoms with Gasteiger partial charge in [0.05, 0.1) is 12.7 Å². The standard InChI is InChI=1S/C20H32N6O/c1-2-26-13-17(11-23-26)12-24-8-3-20(4-9-24)5-10-25(14-18(20)16-27)15-19-21-6-7-22-19/h6-7,11,13,18,27H,2-5,8-10,12,14-16H2,1H3,(H,21,22)/t18-/m1/s1. The maximum Gasteiger partial charge on any atom is 0.120 e. The fourth-order valence-corrected chi connectivity index (χ4v) is 4.91. The highest BCUT2D eigenvalue weighted by molar-refractivity contribution is 5.05. The first kappa shape index (κ1) is 18.7. The molecule has 4 heterocycles. The molecule has 7 nitrogen and oxygen atoms in total. The van der Waals surface area contributed by atoms with Crippen molar-refractivity contribution in [3.8, 4) is 0 Å². The van der Waals surface area contributed by atoms with E-state index in [2.05, 4.69) is 38.0 Å². The molecule has 2 aromatic rings. The second-order valence-corrected chi connectivity index (χ2v) is 8.24. The van der Waals surface area contributed by atoms with Gasteiger partial charge in [0.2, 0.25) is 0 Å². The molecule has 0 saturated carbocycles. The van der Waals surface area contributed by atoms with Gasteiger partial charge < -0.3 is 10.1 Å². The molecule has 2 aliphatic rings. The van der Waals surface area contributed by atoms with Crippen molar-refractivity contribution in [3.05, 3.63) is 36.2 Å². The van der Waals surface area contributed by atoms with Crippen LogP contribution in [0.25, 0.3) is 0 Å². The maximum atomic E-state index is 10.1. The topological polar surface area (TPSA) is 73.2 Å². The number of aliphatic hydroxyl groups excluding tert-OH is 1. The number of imidazole rings is 1. The minimum Gasteiger partial charge on any atom is -0.396 e. The lowest BCUT2D eigenvalue weighted by Crippen LogP contribution is -2.53. The summed E-state index contributed by atoms with van der Waals surface area (Å²) < 4.78 is 2.00. The largest absolute Gasteiger partial charge is 0.396 e. The van der Waals surface area contributed by atoms with Gasteiger partial charge in [0.15, 0.2) is 0 Å². The number of nitrogens with one attached hydrogen (secondary N) is 1. The number of hydrogen-bond donors (Lipinski definition) is 2. The summed E-state index contributed by atoms with van der Waals surface area (Å²) in [5.41, 5.74) is 1.61. The zero-order valence-electron chi connectivity index (χ0n) is 16.3. The van der Waals surface area contributed by atoms with Gasteiger partial charge >= 0.3 is 0 Å². The third kappa shape index (κ3) is 4.10. The molecule has 2 fully saturated rings. The lowest BCUT2D eigenvalue weighted by molar-refractivity contribution is -0.0454. The number of nitrogens with zero attached hydrogens (tertiary/aromatic N) is 5. The van der Waals surface area contributed by atoms with Crippen LogP contribution >= 0.6 is 0 Å². The van der Waals surface area contributed by atoms with E-state index in [9.17, 15) is 5.11 Å². The quantitative estimate of drug-likeness (QED) is 0.808. The summed E-state index contributed by atoms with van der Waals surface area (Å²) in [6.45, 7) is 9.49. The van der Waals surface area contributed by atoms with Gasteiger partial charge in [-0.05, 0) is 51.2 Å². The average Bonchev–Trinajstić information content (AvgIpc) is 3.37. The highest BCUT2D eigenvalue weighted by Gasteiger charge is 2.44. The molecule has 0 aromatic carbocycles. The summed E-state index contributed by atoms with van der Waals surface area (Å²) >= 11 is 0. The van der Waals surface area contributed by atoms with Gasteiger partial charge in [-0.3, -0.25) is 14.5 Å². The Kier molecular flexibility index (Phi) is 5.61. The number of H-pyrrole nitrogens is 1. The second-order valence-electron chi connectivity index (χ2n) is 8.24. The predicted molar refractivity (Wildman–Crippen MR) is 104 cm³/mol. The summed E-state index contributed by atoms with van der Waals surface area (Å²) in [7, 11) is 0. The molecule has 1 spiro atoms. The van der Waals surface area contributed by atoms with Crippen LogP contribution in [0.3, 0.4) is 0 Å². The van der Waals surface area contributed by atoms with E-state index >= 15 is 0 Å². The van der Waals surface area contributed by atoms with Crippen molar-refractivity contribution in [2.45, 2.75) is 45.8 Å². The normalized spacial score (nSPS) is 23.9. The van der Waals surface area contributed by atoms with E-state index in [0.717, 1.165) is 51.6 Å². The highest BCUT2D eigenvalue weighted by atomic mass is 16.3. The number of aliphatic hydroxyl groups is 1. The van der Waals surface area contributed by atoms with Crippen molar-refractivity contribution in [2.24, 2.45) is 11.3 Å². The molecule has 4 rings (SSSR count). The van der Waals surface area contributed by atoms with Crippen LogP contribution < -0.4 is 0 Å². The summed E-state index contributed by atoms with van der Waals surface area (Å²) in [5.74, 6) is 1.39. The Labute approximate surface area is 161 Å². The first-order valence-electron chi connectivity index (χ1n) is 10.3. The zero-order chi connectivity index (χ0) is 18.7. The fourth-order valence-electron chi connectivity index (χ4n) is 4.91. The van der Waals surface area contributed by atoms with Crippen LogP contribution in [-0.4, -0.2) is 67.4 Å². The number of rotatable bonds is 6. The number of aryl methyl sites for hydroxylation is 1. The Hall–Kier alpha value is -1.70. The molecule has 27 heavy (non-hydrogen) atoms. The Morgan fingerprint density at radius 3 is 2.59 bits per heavy atom. The Morgan fingerprint density at radius 2 is 1.96 bits per heavy atom. The molecule has 7 heteroatoms. The number of aromatic nitrogens is 4. The van der Waals surface area contributed by atoms with Crippen LogP contribution in [0.2, 0.25) is 0 Å². The van der Waals surface area contributed by atoms with Crippen LogP contribution in [0.4, 0.5) is 0 Å². The van der Waals surface area contributed by atoms with Crippen LogP contribution in [0, 0.1) is 11.3 Å². The van der Waals surface area contributed by atoms with E-state index in [1.807, 2.05) is 23.3 Å². The van der Waals surface area contributed by atoms with Gasteiger partial charge in [-0.15, -0.1) is 0 Å². The molecule has 0 aliphatic carbocycles. The summed E-state index contributed by atoms with van der Waals surface area (Å²) in [4.78, 5) is 12.5. The molecule has 148 valence electrons. The number of aromatic amines is 1. The van der Waals surface area contributed by atoms with Gasteiger partial charge in [0, 0.05) is 56.3 Å². The van der Waals surface area contributed by atoms with Crippen LogP contribution in [0.1, 0.15) is 37.6 Å². The predicted octanol–water partition coefficient (Wildman–Crippen LogP) is 1.72. The average molecular weight is 373 g/mol. The van der Waals surface area contributed by atoms with Crippen LogP contribution in [-0.2, 0) is 19.6 Å². The van der Waals surface area contributed by atoms with Crippen molar-refractivity contribution in [1.29, 1.82) is 0 Å². The minimum absolute atomic E-state index is 0.290. The number of piperidine rings is 2. The maximum absolute atomic E-state index is 10.1. The SMILES string of the molecule is CCn1cc(CN2CCC3(CC2)CCN(Cc2ncc[nH]2)C[C@@H]3CO)cn1. The molecule has 2 N–H and O–H groups in total. The molecule has 2 saturated heterocycles. The lowest BCUT2D eigenvalue weighted by Gasteiger charge is -2.51. The first-order valence-corrected chi connectivity index (χ1v) is 10.3. The van der Waals surface area contributed by atoms with Gasteiger partial charge in [0.1, 0.15) is 5.82 Å². The molecule has 2 aliphatic heterocycles. The van der Waals surface area contributed by atoms with Crippen molar-refractivity contribution < 1.29 is 5.11 Å². The number of hydrogen-bond acceptors (Lipinski definition) is 5. The lowest BCUT2D eigenvalue weighted by atomic mass is 9.64. The van der Waals surface area contributed by atoms with Gasteiger partial charge in [-0.25, -0.2) is 4.98 Å². The first-order chi connectivity index (χ1) is 13.2. The summed E-state index contributed by atoms with van der Waals surface area (Å²) in [6.07, 6.45) is 11.4. The molecule has 0 amide bonds. The van der Waals surface area contributed by atoms with E-state index < -0.39 is 0 Å². The molecular weight excluding hydrogens is 340 g/mol. The van der Waals surface area contributed by atoms with Gasteiger partial charge in [-0.2, -0.15) is 5.10 Å². The molecule has 0 unspecified atom stereocenters. The third-order valence-corrected chi connectivity index (χ3v) is 6.69. The molecular formula is C20H32N6O. The third-order valence-electron chi connectivity index (χ3n) is 6.69. The van der Waals surface area contributed by atoms with E-state index in [-0.39, 0.29) is 6.61 Å². The van der Waals surface area contributed by atoms with E-state index in [1.54, 1.807) is 0 Å². The zero-order valence-corrected chi connectivity index (χ0v) is 16.3. The van der Waals surface area contributed by atoms with Crippen molar-refractivity contribution >= 4 is 0 Å². The van der Waals surface area contributed by atoms with Crippen molar-refractivity contribution in [1.82, 2.24) is 29.5 Å². The van der Waals surface area contributed by atoms with Crippen molar-refractivity contribution in [3.63, 3.8) is 0 Å². The second kappa shape index (κ2) is 8.12. The summed E-state index contributed by atoms with van der Waals surface area (Å²) in [6, 6.07) is 0. The van der Waals surface area contributed by atoms with E-state index in [4.69, 9.17) is 0 Å². The fraction of sp³-hybridized carbons (Fsp3) is 0.700. The minimum atomic E-state index is 0.290. The molecule has 0 radical (unpaired) electrons. The Balaban J connectivity index is 1.32. The monoisotopic (exact) mass is 372 g/mol. The summed E-state index contributed by atoms with van der Waals surface area (Å²) in [5, 5.41) is 14.5. The van der Waals surface area contributed by atoms with Crippen LogP contribution in [0.15, 0.2) is 24.8 Å². The molecule has 1 atom stereocenters. The van der Waals surface area contributed by atoms with Crippen LogP contribution in [0.5, 0.6) is 0 Å². The Bertz CT molecular complexity index is 704. The molecule has 2 aromatic heterocycles.